The maximum atomic E-state index is 13.0. The van der Waals surface area contributed by atoms with Crippen molar-refractivity contribution >= 4 is 17.0 Å². The van der Waals surface area contributed by atoms with E-state index in [1.165, 1.54) is 0 Å². The van der Waals surface area contributed by atoms with E-state index in [2.05, 4.69) is 34.1 Å². The third-order valence-electron chi connectivity index (χ3n) is 6.26. The number of hydrogen-bond donors (Lipinski definition) is 1. The second-order valence-electron chi connectivity index (χ2n) is 8.72. The van der Waals surface area contributed by atoms with E-state index < -0.39 is 0 Å². The molecule has 0 saturated carbocycles. The van der Waals surface area contributed by atoms with Crippen LogP contribution in [0, 0.1) is 13.8 Å². The highest BCUT2D eigenvalue weighted by atomic mass is 16.1. The van der Waals surface area contributed by atoms with Crippen LogP contribution in [0.4, 0.5) is 5.69 Å². The van der Waals surface area contributed by atoms with Crippen molar-refractivity contribution in [1.29, 1.82) is 0 Å². The van der Waals surface area contributed by atoms with Gasteiger partial charge in [-0.25, -0.2) is 14.5 Å². The van der Waals surface area contributed by atoms with Gasteiger partial charge in [-0.2, -0.15) is 5.10 Å². The predicted molar refractivity (Wildman–Crippen MR) is 122 cm³/mol. The maximum absolute atomic E-state index is 13.0. The third kappa shape index (κ3) is 3.46. The van der Waals surface area contributed by atoms with Crippen molar-refractivity contribution in [3.63, 3.8) is 0 Å². The van der Waals surface area contributed by atoms with Gasteiger partial charge in [0.2, 0.25) is 0 Å². The number of aromatic nitrogens is 5. The normalized spacial score (nSPS) is 19.4. The molecule has 1 unspecified atom stereocenters. The summed E-state index contributed by atoms with van der Waals surface area (Å²) in [6, 6.07) is 7.45. The van der Waals surface area contributed by atoms with Crippen LogP contribution in [0.2, 0.25) is 0 Å². The molecule has 0 spiro atoms. The van der Waals surface area contributed by atoms with E-state index in [9.17, 15) is 4.79 Å². The molecule has 5 heterocycles. The Labute approximate surface area is 180 Å². The second-order valence-corrected chi connectivity index (χ2v) is 8.72. The van der Waals surface area contributed by atoms with Crippen LogP contribution in [0.5, 0.6) is 0 Å². The minimum absolute atomic E-state index is 0.0775. The van der Waals surface area contributed by atoms with E-state index in [-0.39, 0.29) is 11.1 Å². The van der Waals surface area contributed by atoms with Crippen molar-refractivity contribution in [1.82, 2.24) is 29.3 Å². The van der Waals surface area contributed by atoms with Crippen LogP contribution >= 0.6 is 0 Å². The van der Waals surface area contributed by atoms with E-state index >= 15 is 0 Å². The van der Waals surface area contributed by atoms with Gasteiger partial charge >= 0.3 is 0 Å². The molecule has 0 bridgehead atoms. The zero-order chi connectivity index (χ0) is 21.8. The fraction of sp³-hybridized carbons (Fsp3) is 0.391. The van der Waals surface area contributed by atoms with Gasteiger partial charge in [-0.1, -0.05) is 6.92 Å². The summed E-state index contributed by atoms with van der Waals surface area (Å²) in [5.74, 6) is 0. The Morgan fingerprint density at radius 2 is 1.97 bits per heavy atom. The van der Waals surface area contributed by atoms with Gasteiger partial charge in [0.15, 0.2) is 5.65 Å². The molecule has 4 aromatic rings. The van der Waals surface area contributed by atoms with E-state index in [1.54, 1.807) is 15.0 Å². The molecule has 1 saturated heterocycles. The summed E-state index contributed by atoms with van der Waals surface area (Å²) < 4.78 is 3.37. The molecule has 0 aliphatic carbocycles. The number of rotatable bonds is 3. The topological polar surface area (TPSA) is 79.8 Å². The van der Waals surface area contributed by atoms with Gasteiger partial charge in [0.1, 0.15) is 11.3 Å². The molecule has 1 atom stereocenters. The molecule has 8 nitrogen and oxygen atoms in total. The molecule has 31 heavy (non-hydrogen) atoms. The average molecular weight is 418 g/mol. The van der Waals surface area contributed by atoms with E-state index in [1.807, 2.05) is 44.4 Å². The third-order valence-corrected chi connectivity index (χ3v) is 6.26. The number of fused-ring (bicyclic) bond motifs is 2. The highest BCUT2D eigenvalue weighted by Gasteiger charge is 2.29. The number of nitrogens with zero attached hydrogens (tertiary/aromatic N) is 6. The smallest absolute Gasteiger partial charge is 0.258 e. The fourth-order valence-electron chi connectivity index (χ4n) is 4.29. The van der Waals surface area contributed by atoms with Crippen molar-refractivity contribution in [2.45, 2.75) is 39.7 Å². The minimum atomic E-state index is -0.114. The Morgan fingerprint density at radius 3 is 2.77 bits per heavy atom. The zero-order valence-electron chi connectivity index (χ0n) is 18.4. The van der Waals surface area contributed by atoms with Gasteiger partial charge < -0.3 is 10.2 Å². The Balaban J connectivity index is 1.55. The molecule has 0 radical (unpaired) electrons. The molecule has 1 fully saturated rings. The summed E-state index contributed by atoms with van der Waals surface area (Å²) in [5, 5.41) is 8.22. The van der Waals surface area contributed by atoms with Crippen LogP contribution in [0.25, 0.3) is 22.7 Å². The van der Waals surface area contributed by atoms with Crippen LogP contribution < -0.4 is 15.8 Å². The van der Waals surface area contributed by atoms with Crippen LogP contribution in [0.3, 0.4) is 0 Å². The Hall–Kier alpha value is -3.26. The van der Waals surface area contributed by atoms with Crippen LogP contribution in [0.1, 0.15) is 31.5 Å². The number of hydrogen-bond acceptors (Lipinski definition) is 6. The molecule has 1 aliphatic rings. The first-order valence-corrected chi connectivity index (χ1v) is 10.7. The maximum Gasteiger partial charge on any atom is 0.258 e. The summed E-state index contributed by atoms with van der Waals surface area (Å²) in [6.07, 6.45) is 4.83. The molecule has 0 aromatic carbocycles. The number of anilines is 1. The minimum Gasteiger partial charge on any atom is -0.367 e. The molecule has 4 aromatic heterocycles. The van der Waals surface area contributed by atoms with E-state index in [0.717, 1.165) is 48.6 Å². The number of aryl methyl sites for hydroxylation is 2. The lowest BCUT2D eigenvalue weighted by molar-refractivity contribution is 0.314. The molecular formula is C23H27N7O. The molecule has 0 amide bonds. The van der Waals surface area contributed by atoms with Gasteiger partial charge in [-0.05, 0) is 51.0 Å². The molecular weight excluding hydrogens is 390 g/mol. The molecule has 1 N–H and O–H groups in total. The second kappa shape index (κ2) is 7.16. The van der Waals surface area contributed by atoms with Crippen molar-refractivity contribution in [3.8, 4) is 11.4 Å². The van der Waals surface area contributed by atoms with Crippen LogP contribution in [0.15, 0.2) is 41.5 Å². The molecule has 160 valence electrons. The monoisotopic (exact) mass is 417 g/mol. The highest BCUT2D eigenvalue weighted by Crippen LogP contribution is 2.23. The van der Waals surface area contributed by atoms with E-state index in [0.29, 0.717) is 17.0 Å². The first-order chi connectivity index (χ1) is 14.8. The predicted octanol–water partition coefficient (Wildman–Crippen LogP) is 2.60. The van der Waals surface area contributed by atoms with Gasteiger partial charge in [0, 0.05) is 37.4 Å². The Bertz CT molecular complexity index is 1360. The summed E-state index contributed by atoms with van der Waals surface area (Å²) in [4.78, 5) is 24.5. The molecule has 8 heteroatoms. The van der Waals surface area contributed by atoms with Crippen molar-refractivity contribution in [2.75, 3.05) is 24.5 Å². The zero-order valence-corrected chi connectivity index (χ0v) is 18.4. The largest absolute Gasteiger partial charge is 0.367 e. The first-order valence-electron chi connectivity index (χ1n) is 10.7. The number of nitrogens with one attached hydrogen (secondary N) is 1. The summed E-state index contributed by atoms with van der Waals surface area (Å²) in [7, 11) is 0. The quantitative estimate of drug-likeness (QED) is 0.552. The first kappa shape index (κ1) is 19.7. The number of piperazine rings is 1. The Kier molecular flexibility index (Phi) is 4.55. The standard InChI is InChI=1S/C23H27N7O/c1-5-23(4)14-28(9-8-24-23)17-6-7-20-26-18(11-21(31)29(20)13-17)19-10-15(2)22-25-16(3)12-30(22)27-19/h6-7,10-13,24H,5,8-9,14H2,1-4H3. The summed E-state index contributed by atoms with van der Waals surface area (Å²) >= 11 is 0. The van der Waals surface area contributed by atoms with Crippen LogP contribution in [-0.4, -0.2) is 49.2 Å². The van der Waals surface area contributed by atoms with Gasteiger partial charge in [0.05, 0.1) is 23.3 Å². The lowest BCUT2D eigenvalue weighted by Gasteiger charge is -2.42. The number of pyridine rings is 1. The molecule has 1 aliphatic heterocycles. The van der Waals surface area contributed by atoms with Crippen molar-refractivity contribution < 1.29 is 0 Å². The lowest BCUT2D eigenvalue weighted by Crippen LogP contribution is -2.58. The summed E-state index contributed by atoms with van der Waals surface area (Å²) in [5.41, 5.74) is 5.55. The Morgan fingerprint density at radius 1 is 1.13 bits per heavy atom. The molecule has 5 rings (SSSR count). The van der Waals surface area contributed by atoms with Gasteiger partial charge in [-0.15, -0.1) is 0 Å². The fourth-order valence-corrected chi connectivity index (χ4v) is 4.29. The highest BCUT2D eigenvalue weighted by molar-refractivity contribution is 5.62. The van der Waals surface area contributed by atoms with Crippen LogP contribution in [-0.2, 0) is 0 Å². The lowest BCUT2D eigenvalue weighted by atomic mass is 9.95. The number of imidazole rings is 1. The summed E-state index contributed by atoms with van der Waals surface area (Å²) in [6.45, 7) is 11.1. The van der Waals surface area contributed by atoms with E-state index in [4.69, 9.17) is 4.98 Å². The van der Waals surface area contributed by atoms with Gasteiger partial charge in [-0.3, -0.25) is 9.20 Å². The van der Waals surface area contributed by atoms with Crippen molar-refractivity contribution in [2.24, 2.45) is 0 Å². The SMILES string of the molecule is CCC1(C)CN(c2ccc3nc(-c4cc(C)c5nc(C)cn5n4)cc(=O)n3c2)CCN1. The average Bonchev–Trinajstić information content (AvgIpc) is 3.14. The van der Waals surface area contributed by atoms with Gasteiger partial charge in [0.25, 0.3) is 5.56 Å². The van der Waals surface area contributed by atoms with Crippen molar-refractivity contribution in [3.05, 3.63) is 58.3 Å².